The first-order valence-corrected chi connectivity index (χ1v) is 12.1. The summed E-state index contributed by atoms with van der Waals surface area (Å²) in [6, 6.07) is 14.5. The molecule has 0 radical (unpaired) electrons. The Morgan fingerprint density at radius 2 is 1.30 bits per heavy atom. The molecule has 0 heteroatoms. The highest BCUT2D eigenvalue weighted by Crippen LogP contribution is 2.54. The number of fused-ring (bicyclic) bond motifs is 3. The molecular weight excluding hydrogens is 360 g/mol. The first kappa shape index (κ1) is 22.6. The quantitative estimate of drug-likeness (QED) is 0.232. The molecule has 0 bridgehead atoms. The lowest BCUT2D eigenvalue weighted by Gasteiger charge is -2.33. The first-order valence-electron chi connectivity index (χ1n) is 12.1. The van der Waals surface area contributed by atoms with Crippen LogP contribution in [-0.2, 0) is 11.8 Å². The normalized spacial score (nSPS) is 13.7. The average molecular weight is 401 g/mol. The van der Waals surface area contributed by atoms with Gasteiger partial charge < -0.3 is 0 Å². The van der Waals surface area contributed by atoms with E-state index in [-0.39, 0.29) is 5.41 Å². The van der Waals surface area contributed by atoms with E-state index in [0.717, 1.165) is 19.3 Å². The van der Waals surface area contributed by atoms with Crippen molar-refractivity contribution in [2.75, 3.05) is 0 Å². The van der Waals surface area contributed by atoms with E-state index in [1.807, 2.05) is 0 Å². The van der Waals surface area contributed by atoms with Gasteiger partial charge in [-0.15, -0.1) is 13.2 Å². The smallest absolute Gasteiger partial charge is 0.0215 e. The maximum atomic E-state index is 3.90. The van der Waals surface area contributed by atoms with E-state index in [2.05, 4.69) is 75.6 Å². The highest BCUT2D eigenvalue weighted by atomic mass is 14.4. The predicted octanol–water partition coefficient (Wildman–Crippen LogP) is 9.10. The van der Waals surface area contributed by atoms with Crippen molar-refractivity contribution in [1.82, 2.24) is 0 Å². The third-order valence-corrected chi connectivity index (χ3v) is 7.01. The summed E-state index contributed by atoms with van der Waals surface area (Å²) in [6.45, 7) is 12.3. The summed E-state index contributed by atoms with van der Waals surface area (Å²) in [7, 11) is 0. The summed E-state index contributed by atoms with van der Waals surface area (Å²) in [5, 5.41) is 0. The zero-order valence-corrected chi connectivity index (χ0v) is 19.3. The topological polar surface area (TPSA) is 0 Å². The fourth-order valence-corrected chi connectivity index (χ4v) is 5.32. The number of benzene rings is 2. The lowest BCUT2D eigenvalue weighted by Crippen LogP contribution is -2.26. The summed E-state index contributed by atoms with van der Waals surface area (Å²) in [6.07, 6.45) is 17.8. The number of aryl methyl sites for hydroxylation is 2. The number of hydrogen-bond donors (Lipinski definition) is 0. The van der Waals surface area contributed by atoms with Crippen molar-refractivity contribution in [3.05, 3.63) is 84.0 Å². The highest BCUT2D eigenvalue weighted by molar-refractivity contribution is 5.81. The van der Waals surface area contributed by atoms with E-state index in [4.69, 9.17) is 0 Å². The van der Waals surface area contributed by atoms with E-state index < -0.39 is 0 Å². The molecule has 0 aromatic heterocycles. The fourth-order valence-electron chi connectivity index (χ4n) is 5.32. The number of allylic oxidation sites excluding steroid dienone is 2. The van der Waals surface area contributed by atoms with Gasteiger partial charge in [-0.25, -0.2) is 0 Å². The van der Waals surface area contributed by atoms with Crippen molar-refractivity contribution in [3.63, 3.8) is 0 Å². The average Bonchev–Trinajstić information content (AvgIpc) is 3.02. The van der Waals surface area contributed by atoms with Crippen LogP contribution in [0.1, 0.15) is 93.4 Å². The minimum atomic E-state index is 0.185. The molecule has 0 saturated heterocycles. The summed E-state index contributed by atoms with van der Waals surface area (Å²) >= 11 is 0. The standard InChI is InChI=1S/C30H40/c1-5-8-10-12-14-20-30(21-15-13-11-9-6-2)28-22-24(4)16-18-26(28)27-19-17-25(7-3)23-29(27)30/h5-6,16-19,22-23H,1-2,7-15,20-21H2,3-4H3. The van der Waals surface area contributed by atoms with Gasteiger partial charge in [-0.3, -0.25) is 0 Å². The molecule has 0 unspecified atom stereocenters. The first-order chi connectivity index (χ1) is 14.7. The van der Waals surface area contributed by atoms with E-state index in [1.54, 1.807) is 11.1 Å². The third-order valence-electron chi connectivity index (χ3n) is 7.01. The largest absolute Gasteiger partial charge is 0.103 e. The van der Waals surface area contributed by atoms with Crippen LogP contribution in [0.3, 0.4) is 0 Å². The summed E-state index contributed by atoms with van der Waals surface area (Å²) < 4.78 is 0. The fraction of sp³-hybridized carbons (Fsp3) is 0.467. The monoisotopic (exact) mass is 400 g/mol. The number of rotatable bonds is 13. The Labute approximate surface area is 185 Å². The zero-order chi connectivity index (χ0) is 21.4. The Morgan fingerprint density at radius 1 is 0.733 bits per heavy atom. The van der Waals surface area contributed by atoms with Gasteiger partial charge in [-0.1, -0.05) is 86.7 Å². The van der Waals surface area contributed by atoms with Gasteiger partial charge in [-0.05, 0) is 79.7 Å². The Kier molecular flexibility index (Phi) is 8.14. The highest BCUT2D eigenvalue weighted by Gasteiger charge is 2.42. The van der Waals surface area contributed by atoms with E-state index in [0.29, 0.717) is 0 Å². The second-order valence-electron chi connectivity index (χ2n) is 9.14. The van der Waals surface area contributed by atoms with Crippen LogP contribution >= 0.6 is 0 Å². The van der Waals surface area contributed by atoms with E-state index in [1.165, 1.54) is 73.6 Å². The van der Waals surface area contributed by atoms with Crippen molar-refractivity contribution in [3.8, 4) is 11.1 Å². The number of unbranched alkanes of at least 4 members (excludes halogenated alkanes) is 6. The van der Waals surface area contributed by atoms with Gasteiger partial charge in [0.15, 0.2) is 0 Å². The van der Waals surface area contributed by atoms with E-state index >= 15 is 0 Å². The Morgan fingerprint density at radius 3 is 1.87 bits per heavy atom. The maximum Gasteiger partial charge on any atom is 0.0215 e. The van der Waals surface area contributed by atoms with Crippen LogP contribution in [0.4, 0.5) is 0 Å². The second-order valence-corrected chi connectivity index (χ2v) is 9.14. The van der Waals surface area contributed by atoms with Crippen molar-refractivity contribution in [2.24, 2.45) is 0 Å². The minimum absolute atomic E-state index is 0.185. The van der Waals surface area contributed by atoms with Gasteiger partial charge in [0.05, 0.1) is 0 Å². The molecule has 0 nitrogen and oxygen atoms in total. The Balaban J connectivity index is 1.98. The van der Waals surface area contributed by atoms with Gasteiger partial charge in [-0.2, -0.15) is 0 Å². The minimum Gasteiger partial charge on any atom is -0.103 e. The van der Waals surface area contributed by atoms with Crippen LogP contribution in [0.5, 0.6) is 0 Å². The van der Waals surface area contributed by atoms with Gasteiger partial charge in [0.2, 0.25) is 0 Å². The van der Waals surface area contributed by atoms with Crippen molar-refractivity contribution < 1.29 is 0 Å². The SMILES string of the molecule is C=CCCCCCC1(CCCCCC=C)c2cc(C)ccc2-c2ccc(CC)cc21. The van der Waals surface area contributed by atoms with E-state index in [9.17, 15) is 0 Å². The molecule has 2 aromatic rings. The molecule has 0 aliphatic heterocycles. The lowest BCUT2D eigenvalue weighted by molar-refractivity contribution is 0.402. The van der Waals surface area contributed by atoms with Crippen molar-refractivity contribution in [2.45, 2.75) is 89.9 Å². The molecule has 0 amide bonds. The summed E-state index contributed by atoms with van der Waals surface area (Å²) in [5.74, 6) is 0. The molecule has 1 aliphatic carbocycles. The van der Waals surface area contributed by atoms with Crippen LogP contribution in [0, 0.1) is 6.92 Å². The molecule has 0 spiro atoms. The van der Waals surface area contributed by atoms with Gasteiger partial charge in [0.25, 0.3) is 0 Å². The molecule has 1 aliphatic rings. The van der Waals surface area contributed by atoms with Crippen LogP contribution in [0.15, 0.2) is 61.7 Å². The summed E-state index contributed by atoms with van der Waals surface area (Å²) in [5.41, 5.74) is 9.22. The molecule has 0 N–H and O–H groups in total. The summed E-state index contributed by atoms with van der Waals surface area (Å²) in [4.78, 5) is 0. The van der Waals surface area contributed by atoms with Crippen LogP contribution in [-0.4, -0.2) is 0 Å². The van der Waals surface area contributed by atoms with Crippen LogP contribution in [0.2, 0.25) is 0 Å². The molecule has 30 heavy (non-hydrogen) atoms. The predicted molar refractivity (Wildman–Crippen MR) is 133 cm³/mol. The van der Waals surface area contributed by atoms with Gasteiger partial charge in [0, 0.05) is 5.41 Å². The molecular formula is C30H40. The maximum absolute atomic E-state index is 3.90. The molecule has 0 fully saturated rings. The molecule has 0 atom stereocenters. The third kappa shape index (κ3) is 4.80. The molecule has 2 aromatic carbocycles. The molecule has 3 rings (SSSR count). The van der Waals surface area contributed by atoms with Crippen molar-refractivity contribution >= 4 is 0 Å². The Hall–Kier alpha value is -2.08. The van der Waals surface area contributed by atoms with Gasteiger partial charge >= 0.3 is 0 Å². The molecule has 0 saturated carbocycles. The zero-order valence-electron chi connectivity index (χ0n) is 19.3. The Bertz CT molecular complexity index is 836. The van der Waals surface area contributed by atoms with Crippen LogP contribution < -0.4 is 0 Å². The number of hydrogen-bond acceptors (Lipinski definition) is 0. The lowest BCUT2D eigenvalue weighted by atomic mass is 9.70. The van der Waals surface area contributed by atoms with Crippen LogP contribution in [0.25, 0.3) is 11.1 Å². The molecule has 160 valence electrons. The van der Waals surface area contributed by atoms with Gasteiger partial charge in [0.1, 0.15) is 0 Å². The second kappa shape index (κ2) is 10.8. The van der Waals surface area contributed by atoms with Crippen molar-refractivity contribution in [1.29, 1.82) is 0 Å². The molecule has 0 heterocycles.